The van der Waals surface area contributed by atoms with Gasteiger partial charge in [0, 0.05) is 0 Å². The van der Waals surface area contributed by atoms with Crippen molar-refractivity contribution in [3.8, 4) is 0 Å². The van der Waals surface area contributed by atoms with Crippen molar-refractivity contribution in [1.29, 1.82) is 0 Å². The Morgan fingerprint density at radius 1 is 1.00 bits per heavy atom. The van der Waals surface area contributed by atoms with Gasteiger partial charge in [-0.2, -0.15) is 0 Å². The van der Waals surface area contributed by atoms with Crippen LogP contribution in [0, 0.1) is 5.92 Å². The van der Waals surface area contributed by atoms with E-state index in [1.54, 1.807) is 0 Å². The predicted octanol–water partition coefficient (Wildman–Crippen LogP) is 1.43. The van der Waals surface area contributed by atoms with Gasteiger partial charge in [0.15, 0.2) is 0 Å². The molecule has 1 fully saturated rings. The van der Waals surface area contributed by atoms with Gasteiger partial charge in [0.2, 0.25) is 0 Å². The molecule has 1 saturated carbocycles. The van der Waals surface area contributed by atoms with E-state index >= 15 is 0 Å². The Hall–Kier alpha value is 0.130. The van der Waals surface area contributed by atoms with Gasteiger partial charge >= 0.3 is 0 Å². The van der Waals surface area contributed by atoms with Crippen molar-refractivity contribution in [2.45, 2.75) is 50.7 Å². The van der Waals surface area contributed by atoms with Crippen molar-refractivity contribution in [3.05, 3.63) is 0 Å². The summed E-state index contributed by atoms with van der Waals surface area (Å²) in [7, 11) is 4.84. The lowest BCUT2D eigenvalue weighted by Gasteiger charge is -2.26. The molecular formula is C9H20B2. The Balaban J connectivity index is 2.38. The van der Waals surface area contributed by atoms with Crippen LogP contribution in [0.15, 0.2) is 0 Å². The summed E-state index contributed by atoms with van der Waals surface area (Å²) < 4.78 is 0. The topological polar surface area (TPSA) is 0 Å². The zero-order valence-electron chi connectivity index (χ0n) is 8.27. The van der Waals surface area contributed by atoms with E-state index < -0.39 is 0 Å². The third-order valence-electron chi connectivity index (χ3n) is 3.35. The van der Waals surface area contributed by atoms with Crippen LogP contribution in [0.2, 0.25) is 11.6 Å². The first-order valence-electron chi connectivity index (χ1n) is 5.20. The molecule has 0 heterocycles. The first-order valence-corrected chi connectivity index (χ1v) is 5.20. The van der Waals surface area contributed by atoms with E-state index in [1.807, 2.05) is 0 Å². The summed E-state index contributed by atoms with van der Waals surface area (Å²) >= 11 is 0. The van der Waals surface area contributed by atoms with E-state index in [0.717, 1.165) is 17.6 Å². The zero-order valence-corrected chi connectivity index (χ0v) is 8.27. The van der Waals surface area contributed by atoms with Gasteiger partial charge < -0.3 is 0 Å². The van der Waals surface area contributed by atoms with Gasteiger partial charge in [-0.05, 0) is 5.92 Å². The third-order valence-corrected chi connectivity index (χ3v) is 3.35. The summed E-state index contributed by atoms with van der Waals surface area (Å²) in [4.78, 5) is 0. The molecule has 3 unspecified atom stereocenters. The molecule has 0 N–H and O–H groups in total. The van der Waals surface area contributed by atoms with Gasteiger partial charge in [0.25, 0.3) is 0 Å². The Bertz CT molecular complexity index is 114. The zero-order chi connectivity index (χ0) is 8.27. The monoisotopic (exact) mass is 150 g/mol. The van der Waals surface area contributed by atoms with Crippen molar-refractivity contribution in [2.75, 3.05) is 0 Å². The molecule has 62 valence electrons. The second-order valence-corrected chi connectivity index (χ2v) is 4.58. The Morgan fingerprint density at radius 3 is 2.36 bits per heavy atom. The molecule has 1 aliphatic rings. The fourth-order valence-corrected chi connectivity index (χ4v) is 2.23. The molecule has 0 radical (unpaired) electrons. The summed E-state index contributed by atoms with van der Waals surface area (Å²) in [6.45, 7) is 2.41. The lowest BCUT2D eigenvalue weighted by molar-refractivity contribution is 0.404. The largest absolute Gasteiger partial charge is 0.104 e. The Labute approximate surface area is 73.0 Å². The molecule has 0 aliphatic heterocycles. The maximum atomic E-state index is 2.42. The van der Waals surface area contributed by atoms with Crippen LogP contribution in [-0.4, -0.2) is 15.7 Å². The van der Waals surface area contributed by atoms with Crippen molar-refractivity contribution in [1.82, 2.24) is 0 Å². The van der Waals surface area contributed by atoms with E-state index in [4.69, 9.17) is 0 Å². The van der Waals surface area contributed by atoms with E-state index in [9.17, 15) is 0 Å². The SMILES string of the molecule is BC1CCCCC(C)CC1B. The molecule has 0 saturated heterocycles. The van der Waals surface area contributed by atoms with Crippen LogP contribution in [0.5, 0.6) is 0 Å². The molecule has 11 heavy (non-hydrogen) atoms. The van der Waals surface area contributed by atoms with Crippen LogP contribution < -0.4 is 0 Å². The standard InChI is InChI=1S/C9H20B2/c1-7-4-2-3-5-8(10)9(11)6-7/h7-9H,2-6,10-11H2,1H3. The maximum Gasteiger partial charge on any atom is 0.104 e. The van der Waals surface area contributed by atoms with Crippen molar-refractivity contribution < 1.29 is 0 Å². The summed E-state index contributed by atoms with van der Waals surface area (Å²) in [6, 6.07) is 0. The second kappa shape index (κ2) is 4.23. The average Bonchev–Trinajstić information content (AvgIpc) is 1.95. The molecule has 0 aromatic rings. The summed E-state index contributed by atoms with van der Waals surface area (Å²) in [5, 5.41) is 0. The average molecular weight is 150 g/mol. The summed E-state index contributed by atoms with van der Waals surface area (Å²) in [5.41, 5.74) is 0. The quantitative estimate of drug-likeness (QED) is 0.458. The normalized spacial score (nSPS) is 41.0. The maximum absolute atomic E-state index is 2.42. The second-order valence-electron chi connectivity index (χ2n) is 4.58. The van der Waals surface area contributed by atoms with E-state index in [1.165, 1.54) is 32.1 Å². The Morgan fingerprint density at radius 2 is 1.64 bits per heavy atom. The van der Waals surface area contributed by atoms with Gasteiger partial charge in [-0.1, -0.05) is 50.7 Å². The predicted molar refractivity (Wildman–Crippen MR) is 56.8 cm³/mol. The lowest BCUT2D eigenvalue weighted by atomic mass is 9.60. The van der Waals surface area contributed by atoms with Gasteiger partial charge in [-0.3, -0.25) is 0 Å². The minimum atomic E-state index is 0.963. The van der Waals surface area contributed by atoms with Gasteiger partial charge in [0.1, 0.15) is 15.7 Å². The molecule has 0 aromatic carbocycles. The molecular weight excluding hydrogens is 130 g/mol. The molecule has 2 heteroatoms. The third kappa shape index (κ3) is 2.92. The van der Waals surface area contributed by atoms with Gasteiger partial charge in [0.05, 0.1) is 0 Å². The van der Waals surface area contributed by atoms with Crippen molar-refractivity contribution in [2.24, 2.45) is 5.92 Å². The number of rotatable bonds is 0. The molecule has 0 bridgehead atoms. The fraction of sp³-hybridized carbons (Fsp3) is 1.00. The Kier molecular flexibility index (Phi) is 3.54. The number of hydrogen-bond donors (Lipinski definition) is 0. The van der Waals surface area contributed by atoms with Crippen LogP contribution in [-0.2, 0) is 0 Å². The van der Waals surface area contributed by atoms with Crippen LogP contribution in [0.3, 0.4) is 0 Å². The highest BCUT2D eigenvalue weighted by Crippen LogP contribution is 2.34. The molecule has 0 aromatic heterocycles. The first-order chi connectivity index (χ1) is 5.20. The molecule has 0 nitrogen and oxygen atoms in total. The minimum Gasteiger partial charge on any atom is -0.0739 e. The summed E-state index contributed by atoms with van der Waals surface area (Å²) in [6.07, 6.45) is 7.33. The number of hydrogen-bond acceptors (Lipinski definition) is 0. The highest BCUT2D eigenvalue weighted by Gasteiger charge is 2.17. The van der Waals surface area contributed by atoms with Crippen molar-refractivity contribution >= 4 is 15.7 Å². The fourth-order valence-electron chi connectivity index (χ4n) is 2.23. The van der Waals surface area contributed by atoms with Crippen LogP contribution in [0.25, 0.3) is 0 Å². The highest BCUT2D eigenvalue weighted by atomic mass is 14.2. The van der Waals surface area contributed by atoms with Crippen molar-refractivity contribution in [3.63, 3.8) is 0 Å². The molecule has 1 aliphatic carbocycles. The highest BCUT2D eigenvalue weighted by molar-refractivity contribution is 6.21. The molecule has 1 rings (SSSR count). The van der Waals surface area contributed by atoms with E-state index in [2.05, 4.69) is 22.6 Å². The van der Waals surface area contributed by atoms with Crippen LogP contribution >= 0.6 is 0 Å². The summed E-state index contributed by atoms with van der Waals surface area (Å²) in [5.74, 6) is 2.91. The van der Waals surface area contributed by atoms with E-state index in [-0.39, 0.29) is 0 Å². The van der Waals surface area contributed by atoms with Gasteiger partial charge in [-0.15, -0.1) is 0 Å². The lowest BCUT2D eigenvalue weighted by Crippen LogP contribution is -2.11. The first kappa shape index (κ1) is 9.22. The van der Waals surface area contributed by atoms with Crippen LogP contribution in [0.4, 0.5) is 0 Å². The smallest absolute Gasteiger partial charge is 0.0739 e. The molecule has 3 atom stereocenters. The van der Waals surface area contributed by atoms with E-state index in [0.29, 0.717) is 0 Å². The minimum absolute atomic E-state index is 0.963. The van der Waals surface area contributed by atoms with Crippen LogP contribution in [0.1, 0.15) is 39.0 Å². The molecule has 0 amide bonds. The molecule has 0 spiro atoms. The van der Waals surface area contributed by atoms with Gasteiger partial charge in [-0.25, -0.2) is 0 Å².